The Morgan fingerprint density at radius 1 is 1.17 bits per heavy atom. The van der Waals surface area contributed by atoms with E-state index in [1.807, 2.05) is 0 Å². The first-order valence-corrected chi connectivity index (χ1v) is 8.64. The molecule has 23 heavy (non-hydrogen) atoms. The minimum Gasteiger partial charge on any atom is -0.389 e. The number of hydrogen-bond donors (Lipinski definition) is 2. The summed E-state index contributed by atoms with van der Waals surface area (Å²) in [5.74, 6) is -1.27. The van der Waals surface area contributed by atoms with Crippen LogP contribution in [0.3, 0.4) is 0 Å². The average Bonchev–Trinajstić information content (AvgIpc) is 2.47. The van der Waals surface area contributed by atoms with Gasteiger partial charge in [0.25, 0.3) is 0 Å². The van der Waals surface area contributed by atoms with Crippen molar-refractivity contribution in [1.82, 2.24) is 0 Å². The molecule has 7 heteroatoms. The molecule has 0 amide bonds. The maximum absolute atomic E-state index is 13.5. The van der Waals surface area contributed by atoms with E-state index in [0.717, 1.165) is 6.07 Å². The number of hydrogen-bond acceptors (Lipinski definition) is 3. The fourth-order valence-corrected chi connectivity index (χ4v) is 3.20. The quantitative estimate of drug-likeness (QED) is 0.849. The molecule has 2 aromatic carbocycles. The van der Waals surface area contributed by atoms with Gasteiger partial charge in [0, 0.05) is 11.3 Å². The Labute approximate surface area is 133 Å². The van der Waals surface area contributed by atoms with Crippen LogP contribution in [-0.4, -0.2) is 19.3 Å². The van der Waals surface area contributed by atoms with Crippen LogP contribution < -0.4 is 4.72 Å². The standard InChI is InChI=1S/C16H17F2NO3S/c1-11(20)15-10-14(5-6-16(15)18)19-23(21,22)8-7-12-3-2-4-13(17)9-12/h2-6,9-11,19-20H,7-8H2,1H3. The highest BCUT2D eigenvalue weighted by molar-refractivity contribution is 7.92. The smallest absolute Gasteiger partial charge is 0.233 e. The lowest BCUT2D eigenvalue weighted by Crippen LogP contribution is -2.18. The number of rotatable bonds is 6. The van der Waals surface area contributed by atoms with Gasteiger partial charge in [-0.2, -0.15) is 0 Å². The van der Waals surface area contributed by atoms with Crippen LogP contribution in [0.2, 0.25) is 0 Å². The Kier molecular flexibility index (Phi) is 5.33. The third-order valence-corrected chi connectivity index (χ3v) is 4.56. The van der Waals surface area contributed by atoms with Gasteiger partial charge in [0.2, 0.25) is 10.0 Å². The van der Waals surface area contributed by atoms with Crippen molar-refractivity contribution in [3.63, 3.8) is 0 Å². The molecule has 0 bridgehead atoms. The Morgan fingerprint density at radius 3 is 2.57 bits per heavy atom. The highest BCUT2D eigenvalue weighted by atomic mass is 32.2. The maximum Gasteiger partial charge on any atom is 0.233 e. The number of halogens is 2. The monoisotopic (exact) mass is 341 g/mol. The molecule has 4 nitrogen and oxygen atoms in total. The van der Waals surface area contributed by atoms with Crippen molar-refractivity contribution >= 4 is 15.7 Å². The zero-order valence-electron chi connectivity index (χ0n) is 12.5. The van der Waals surface area contributed by atoms with Gasteiger partial charge >= 0.3 is 0 Å². The highest BCUT2D eigenvalue weighted by Crippen LogP contribution is 2.21. The Balaban J connectivity index is 2.08. The molecule has 0 fully saturated rings. The summed E-state index contributed by atoms with van der Waals surface area (Å²) >= 11 is 0. The first-order chi connectivity index (χ1) is 10.8. The molecule has 1 unspecified atom stereocenters. The summed E-state index contributed by atoms with van der Waals surface area (Å²) in [6, 6.07) is 9.33. The number of nitrogens with one attached hydrogen (secondary N) is 1. The van der Waals surface area contributed by atoms with Gasteiger partial charge in [-0.1, -0.05) is 12.1 Å². The predicted molar refractivity (Wildman–Crippen MR) is 84.5 cm³/mol. The van der Waals surface area contributed by atoms with Crippen LogP contribution in [0.15, 0.2) is 42.5 Å². The summed E-state index contributed by atoms with van der Waals surface area (Å²) in [5.41, 5.74) is 0.746. The van der Waals surface area contributed by atoms with Gasteiger partial charge in [-0.15, -0.1) is 0 Å². The molecule has 0 heterocycles. The van der Waals surface area contributed by atoms with Crippen molar-refractivity contribution < 1.29 is 22.3 Å². The van der Waals surface area contributed by atoms with Crippen LogP contribution in [0.25, 0.3) is 0 Å². The Hall–Kier alpha value is -1.99. The molecule has 0 saturated heterocycles. The normalized spacial score (nSPS) is 12.9. The molecule has 0 saturated carbocycles. The molecule has 0 spiro atoms. The zero-order chi connectivity index (χ0) is 17.0. The molecular formula is C16H17F2NO3S. The minimum absolute atomic E-state index is 0.00957. The molecule has 2 N–H and O–H groups in total. The molecule has 0 aliphatic heterocycles. The van der Waals surface area contributed by atoms with Gasteiger partial charge in [-0.25, -0.2) is 17.2 Å². The fraction of sp³-hybridized carbons (Fsp3) is 0.250. The van der Waals surface area contributed by atoms with Crippen LogP contribution in [0.1, 0.15) is 24.2 Å². The molecule has 2 aromatic rings. The van der Waals surface area contributed by atoms with Crippen molar-refractivity contribution in [2.45, 2.75) is 19.4 Å². The van der Waals surface area contributed by atoms with Crippen molar-refractivity contribution in [2.75, 3.05) is 10.5 Å². The lowest BCUT2D eigenvalue weighted by molar-refractivity contribution is 0.194. The van der Waals surface area contributed by atoms with E-state index in [1.165, 1.54) is 37.3 Å². The largest absolute Gasteiger partial charge is 0.389 e. The van der Waals surface area contributed by atoms with Crippen LogP contribution in [0, 0.1) is 11.6 Å². The van der Waals surface area contributed by atoms with Crippen LogP contribution in [-0.2, 0) is 16.4 Å². The summed E-state index contributed by atoms with van der Waals surface area (Å²) in [5, 5.41) is 9.45. The topological polar surface area (TPSA) is 66.4 Å². The number of aliphatic hydroxyl groups is 1. The molecule has 0 radical (unpaired) electrons. The van der Waals surface area contributed by atoms with E-state index in [9.17, 15) is 22.3 Å². The minimum atomic E-state index is -3.68. The van der Waals surface area contributed by atoms with Crippen molar-refractivity contribution in [3.8, 4) is 0 Å². The van der Waals surface area contributed by atoms with E-state index in [2.05, 4.69) is 4.72 Å². The van der Waals surface area contributed by atoms with Crippen LogP contribution in [0.5, 0.6) is 0 Å². The van der Waals surface area contributed by atoms with Gasteiger partial charge in [-0.05, 0) is 49.2 Å². The third-order valence-electron chi connectivity index (χ3n) is 3.27. The zero-order valence-corrected chi connectivity index (χ0v) is 13.3. The van der Waals surface area contributed by atoms with Gasteiger partial charge in [-0.3, -0.25) is 4.72 Å². The van der Waals surface area contributed by atoms with Crippen LogP contribution in [0.4, 0.5) is 14.5 Å². The molecule has 1 atom stereocenters. The number of sulfonamides is 1. The number of aliphatic hydroxyl groups excluding tert-OH is 1. The first kappa shape index (κ1) is 17.4. The molecule has 0 aliphatic carbocycles. The van der Waals surface area contributed by atoms with Gasteiger partial charge in [0.1, 0.15) is 11.6 Å². The van der Waals surface area contributed by atoms with Gasteiger partial charge < -0.3 is 5.11 Å². The van der Waals surface area contributed by atoms with Crippen molar-refractivity contribution in [1.29, 1.82) is 0 Å². The number of benzene rings is 2. The third kappa shape index (κ3) is 5.01. The highest BCUT2D eigenvalue weighted by Gasteiger charge is 2.14. The van der Waals surface area contributed by atoms with E-state index >= 15 is 0 Å². The number of aryl methyl sites for hydroxylation is 1. The summed E-state index contributed by atoms with van der Waals surface area (Å²) in [6.07, 6.45) is -0.899. The van der Waals surface area contributed by atoms with Crippen molar-refractivity contribution in [2.24, 2.45) is 0 Å². The molecule has 0 aliphatic rings. The van der Waals surface area contributed by atoms with Gasteiger partial charge in [0.15, 0.2) is 0 Å². The van der Waals surface area contributed by atoms with Crippen LogP contribution >= 0.6 is 0 Å². The second-order valence-electron chi connectivity index (χ2n) is 5.21. The molecular weight excluding hydrogens is 324 g/mol. The predicted octanol–water partition coefficient (Wildman–Crippen LogP) is 3.00. The summed E-state index contributed by atoms with van der Waals surface area (Å²) in [4.78, 5) is 0. The summed E-state index contributed by atoms with van der Waals surface area (Å²) in [7, 11) is -3.68. The fourth-order valence-electron chi connectivity index (χ4n) is 2.10. The van der Waals surface area contributed by atoms with E-state index in [4.69, 9.17) is 0 Å². The lowest BCUT2D eigenvalue weighted by atomic mass is 10.1. The summed E-state index contributed by atoms with van der Waals surface area (Å²) < 4.78 is 53.0. The van der Waals surface area contributed by atoms with E-state index in [0.29, 0.717) is 5.56 Å². The van der Waals surface area contributed by atoms with E-state index < -0.39 is 27.8 Å². The van der Waals surface area contributed by atoms with Crippen molar-refractivity contribution in [3.05, 3.63) is 65.2 Å². The Bertz CT molecular complexity index is 792. The first-order valence-electron chi connectivity index (χ1n) is 6.99. The summed E-state index contributed by atoms with van der Waals surface area (Å²) in [6.45, 7) is 1.39. The molecule has 124 valence electrons. The lowest BCUT2D eigenvalue weighted by Gasteiger charge is -2.11. The second kappa shape index (κ2) is 7.06. The molecule has 0 aromatic heterocycles. The maximum atomic E-state index is 13.5. The average molecular weight is 341 g/mol. The number of anilines is 1. The SMILES string of the molecule is CC(O)c1cc(NS(=O)(=O)CCc2cccc(F)c2)ccc1F. The van der Waals surface area contributed by atoms with E-state index in [1.54, 1.807) is 6.07 Å². The molecule has 2 rings (SSSR count). The Morgan fingerprint density at radius 2 is 1.91 bits per heavy atom. The van der Waals surface area contributed by atoms with Gasteiger partial charge in [0.05, 0.1) is 11.9 Å². The second-order valence-corrected chi connectivity index (χ2v) is 7.05. The van der Waals surface area contributed by atoms with E-state index in [-0.39, 0.29) is 23.4 Å².